The van der Waals surface area contributed by atoms with Crippen LogP contribution >= 0.6 is 0 Å². The predicted molar refractivity (Wildman–Crippen MR) is 111 cm³/mol. The molecule has 0 aliphatic rings. The number of hydrogen-bond acceptors (Lipinski definition) is 3. The van der Waals surface area contributed by atoms with Crippen LogP contribution in [0.15, 0.2) is 0 Å². The molecule has 0 spiro atoms. The van der Waals surface area contributed by atoms with E-state index in [1.807, 2.05) is 0 Å². The molecule has 0 bridgehead atoms. The van der Waals surface area contributed by atoms with Crippen LogP contribution in [0, 0.1) is 5.92 Å². The smallest absolute Gasteiger partial charge is 0.320 e. The van der Waals surface area contributed by atoms with E-state index >= 15 is 0 Å². The number of unbranched alkanes of at least 4 members (excludes halogenated alkanes) is 12. The van der Waals surface area contributed by atoms with Crippen LogP contribution in [0.5, 0.6) is 0 Å². The van der Waals surface area contributed by atoms with Gasteiger partial charge in [-0.3, -0.25) is 4.79 Å². The van der Waals surface area contributed by atoms with Gasteiger partial charge < -0.3 is 15.6 Å². The van der Waals surface area contributed by atoms with Gasteiger partial charge in [0.05, 0.1) is 0 Å². The molecule has 0 saturated carbocycles. The van der Waals surface area contributed by atoms with Crippen molar-refractivity contribution in [2.75, 3.05) is 0 Å². The zero-order chi connectivity index (χ0) is 20.2. The Kier molecular flexibility index (Phi) is 21.4. The van der Waals surface area contributed by atoms with Crippen molar-refractivity contribution in [1.82, 2.24) is 0 Å². The molecule has 0 heterocycles. The van der Waals surface area contributed by atoms with Crippen LogP contribution in [0.4, 0.5) is 0 Å². The summed E-state index contributed by atoms with van der Waals surface area (Å²) < 4.78 is 0. The lowest BCUT2D eigenvalue weighted by molar-refractivity contribution is -0.139. The second-order valence-corrected chi connectivity index (χ2v) is 7.80. The fourth-order valence-corrected chi connectivity index (χ4v) is 2.68. The van der Waals surface area contributed by atoms with E-state index in [0.29, 0.717) is 5.78 Å². The summed E-state index contributed by atoms with van der Waals surface area (Å²) in [6, 6.07) is -0.713. The molecule has 0 fully saturated rings. The Hall–Kier alpha value is -0.900. The van der Waals surface area contributed by atoms with E-state index in [2.05, 4.69) is 6.92 Å². The first-order chi connectivity index (χ1) is 12.3. The Labute approximate surface area is 162 Å². The van der Waals surface area contributed by atoms with Gasteiger partial charge >= 0.3 is 5.97 Å². The summed E-state index contributed by atoms with van der Waals surface area (Å²) in [5.41, 5.74) is 5.16. The van der Waals surface area contributed by atoms with Gasteiger partial charge in [0.25, 0.3) is 0 Å². The second-order valence-electron chi connectivity index (χ2n) is 7.80. The molecule has 0 aromatic carbocycles. The van der Waals surface area contributed by atoms with Gasteiger partial charge in [-0.05, 0) is 19.3 Å². The molecule has 4 nitrogen and oxygen atoms in total. The molecule has 3 N–H and O–H groups in total. The summed E-state index contributed by atoms with van der Waals surface area (Å²) in [4.78, 5) is 20.8. The lowest BCUT2D eigenvalue weighted by atomic mass is 10.0. The zero-order valence-corrected chi connectivity index (χ0v) is 17.9. The molecular formula is C22H45NO3. The largest absolute Gasteiger partial charge is 0.480 e. The van der Waals surface area contributed by atoms with Crippen LogP contribution in [-0.4, -0.2) is 22.9 Å². The van der Waals surface area contributed by atoms with E-state index in [9.17, 15) is 9.59 Å². The van der Waals surface area contributed by atoms with Crippen LogP contribution in [0.3, 0.4) is 0 Å². The van der Waals surface area contributed by atoms with Crippen molar-refractivity contribution in [2.45, 2.75) is 124 Å². The SMILES string of the molecule is CC(C)C(N)C(=O)O.CCCCCCCCCCCCCCCC(C)=O. The van der Waals surface area contributed by atoms with Crippen LogP contribution in [0.2, 0.25) is 0 Å². The number of ketones is 1. The highest BCUT2D eigenvalue weighted by atomic mass is 16.4. The molecule has 0 aliphatic carbocycles. The summed E-state index contributed by atoms with van der Waals surface area (Å²) in [7, 11) is 0. The first kappa shape index (κ1) is 27.3. The van der Waals surface area contributed by atoms with Crippen molar-refractivity contribution in [3.05, 3.63) is 0 Å². The van der Waals surface area contributed by atoms with Gasteiger partial charge in [-0.25, -0.2) is 0 Å². The average molecular weight is 372 g/mol. The molecule has 26 heavy (non-hydrogen) atoms. The highest BCUT2D eigenvalue weighted by molar-refractivity contribution is 5.75. The first-order valence-corrected chi connectivity index (χ1v) is 10.8. The summed E-state index contributed by atoms with van der Waals surface area (Å²) >= 11 is 0. The topological polar surface area (TPSA) is 80.4 Å². The lowest BCUT2D eigenvalue weighted by Gasteiger charge is -2.07. The first-order valence-electron chi connectivity index (χ1n) is 10.8. The number of carboxylic acid groups (broad SMARTS) is 1. The minimum atomic E-state index is -0.931. The Morgan fingerprint density at radius 1 is 0.769 bits per heavy atom. The molecule has 156 valence electrons. The van der Waals surface area contributed by atoms with Crippen molar-refractivity contribution in [2.24, 2.45) is 11.7 Å². The Morgan fingerprint density at radius 3 is 1.35 bits per heavy atom. The van der Waals surface area contributed by atoms with E-state index in [4.69, 9.17) is 10.8 Å². The molecule has 0 aromatic rings. The molecule has 4 heteroatoms. The molecule has 0 saturated heterocycles. The van der Waals surface area contributed by atoms with E-state index in [1.165, 1.54) is 77.0 Å². The number of nitrogens with two attached hydrogens (primary N) is 1. The summed E-state index contributed by atoms with van der Waals surface area (Å²) in [5.74, 6) is -0.564. The van der Waals surface area contributed by atoms with E-state index in [-0.39, 0.29) is 5.92 Å². The maximum atomic E-state index is 10.7. The van der Waals surface area contributed by atoms with Gasteiger partial charge in [-0.2, -0.15) is 0 Å². The monoisotopic (exact) mass is 371 g/mol. The number of Topliss-reactive ketones (excluding diaryl/α,β-unsaturated/α-hetero) is 1. The van der Waals surface area contributed by atoms with Crippen LogP contribution in [0.25, 0.3) is 0 Å². The fraction of sp³-hybridized carbons (Fsp3) is 0.909. The molecule has 1 unspecified atom stereocenters. The van der Waals surface area contributed by atoms with Crippen molar-refractivity contribution >= 4 is 11.8 Å². The molecule has 0 amide bonds. The van der Waals surface area contributed by atoms with Crippen molar-refractivity contribution < 1.29 is 14.7 Å². The molecule has 0 aromatic heterocycles. The predicted octanol–water partition coefficient (Wildman–Crippen LogP) is 6.11. The van der Waals surface area contributed by atoms with Crippen molar-refractivity contribution in [3.63, 3.8) is 0 Å². The van der Waals surface area contributed by atoms with Gasteiger partial charge in [0, 0.05) is 6.42 Å². The Morgan fingerprint density at radius 2 is 1.12 bits per heavy atom. The van der Waals surface area contributed by atoms with E-state index < -0.39 is 12.0 Å². The summed E-state index contributed by atoms with van der Waals surface area (Å²) in [6.07, 6.45) is 18.6. The average Bonchev–Trinajstić information content (AvgIpc) is 2.58. The number of carbonyl (C=O) groups is 2. The van der Waals surface area contributed by atoms with E-state index in [0.717, 1.165) is 12.8 Å². The molecular weight excluding hydrogens is 326 g/mol. The Bertz CT molecular complexity index is 329. The van der Waals surface area contributed by atoms with Crippen LogP contribution < -0.4 is 5.73 Å². The van der Waals surface area contributed by atoms with Gasteiger partial charge in [0.15, 0.2) is 0 Å². The normalized spacial score (nSPS) is 11.8. The van der Waals surface area contributed by atoms with Crippen molar-refractivity contribution in [1.29, 1.82) is 0 Å². The molecule has 0 radical (unpaired) electrons. The summed E-state index contributed by atoms with van der Waals surface area (Å²) in [5, 5.41) is 8.23. The fourth-order valence-electron chi connectivity index (χ4n) is 2.68. The third-order valence-corrected chi connectivity index (χ3v) is 4.64. The standard InChI is InChI=1S/C17H34O.C5H11NO2/c1-3-4-5-6-7-8-9-10-11-12-13-14-15-16-17(2)18;1-3(2)4(6)5(7)8/h3-16H2,1-2H3;3-4H,6H2,1-2H3,(H,7,8). The highest BCUT2D eigenvalue weighted by Gasteiger charge is 2.14. The Balaban J connectivity index is 0. The molecule has 0 rings (SSSR count). The number of rotatable bonds is 16. The second kappa shape index (κ2) is 20.4. The van der Waals surface area contributed by atoms with Gasteiger partial charge in [0.1, 0.15) is 11.8 Å². The quantitative estimate of drug-likeness (QED) is 0.321. The van der Waals surface area contributed by atoms with Gasteiger partial charge in [0.2, 0.25) is 0 Å². The number of carboxylic acids is 1. The third-order valence-electron chi connectivity index (χ3n) is 4.64. The van der Waals surface area contributed by atoms with Crippen LogP contribution in [-0.2, 0) is 9.59 Å². The maximum Gasteiger partial charge on any atom is 0.320 e. The molecule has 0 aliphatic heterocycles. The number of hydrogen-bond donors (Lipinski definition) is 2. The molecule has 1 atom stereocenters. The van der Waals surface area contributed by atoms with E-state index in [1.54, 1.807) is 20.8 Å². The lowest BCUT2D eigenvalue weighted by Crippen LogP contribution is -2.34. The number of carbonyl (C=O) groups excluding carboxylic acids is 1. The zero-order valence-electron chi connectivity index (χ0n) is 17.9. The van der Waals surface area contributed by atoms with Gasteiger partial charge in [-0.15, -0.1) is 0 Å². The summed E-state index contributed by atoms with van der Waals surface area (Å²) in [6.45, 7) is 7.52. The van der Waals surface area contributed by atoms with Crippen molar-refractivity contribution in [3.8, 4) is 0 Å². The third kappa shape index (κ3) is 23.1. The van der Waals surface area contributed by atoms with Gasteiger partial charge in [-0.1, -0.05) is 97.8 Å². The maximum absolute atomic E-state index is 10.7. The highest BCUT2D eigenvalue weighted by Crippen LogP contribution is 2.12. The number of aliphatic carboxylic acids is 1. The van der Waals surface area contributed by atoms with Crippen LogP contribution in [0.1, 0.15) is 118 Å². The minimum Gasteiger partial charge on any atom is -0.480 e. The minimum absolute atomic E-state index is 0.0208.